The number of likely N-dealkylation sites (N-methyl/N-ethyl adjacent to an activating group) is 1. The molecule has 0 saturated carbocycles. The van der Waals surface area contributed by atoms with Crippen LogP contribution < -0.4 is 0 Å². The van der Waals surface area contributed by atoms with Crippen molar-refractivity contribution in [3.63, 3.8) is 0 Å². The van der Waals surface area contributed by atoms with Crippen LogP contribution >= 0.6 is 0 Å². The molecule has 0 amide bonds. The topological polar surface area (TPSA) is 58.4 Å². The first-order valence-corrected chi connectivity index (χ1v) is 9.47. The van der Waals surface area contributed by atoms with E-state index in [1.54, 1.807) is 18.2 Å². The Morgan fingerprint density at radius 2 is 1.95 bits per heavy atom. The third kappa shape index (κ3) is 3.88. The maximum absolute atomic E-state index is 12.2. The van der Waals surface area contributed by atoms with Crippen molar-refractivity contribution < 1.29 is 8.42 Å². The van der Waals surface area contributed by atoms with Gasteiger partial charge in [0.05, 0.1) is 5.25 Å². The highest BCUT2D eigenvalue weighted by atomic mass is 32.2. The zero-order valence-corrected chi connectivity index (χ0v) is 14.9. The minimum absolute atomic E-state index is 0.342. The van der Waals surface area contributed by atoms with E-state index < -0.39 is 10.0 Å². The normalized spacial score (nSPS) is 18.5. The number of rotatable bonds is 6. The van der Waals surface area contributed by atoms with Gasteiger partial charge in [-0.1, -0.05) is 0 Å². The first-order valence-electron chi connectivity index (χ1n) is 7.97. The summed E-state index contributed by atoms with van der Waals surface area (Å²) in [7, 11) is 0.998. The predicted molar refractivity (Wildman–Crippen MR) is 88.4 cm³/mol. The lowest BCUT2D eigenvalue weighted by atomic mass is 9.97. The van der Waals surface area contributed by atoms with Crippen LogP contribution in [0.5, 0.6) is 0 Å². The second-order valence-electron chi connectivity index (χ2n) is 6.55. The lowest BCUT2D eigenvalue weighted by molar-refractivity contribution is 0.303. The van der Waals surface area contributed by atoms with Gasteiger partial charge in [-0.05, 0) is 40.8 Å². The van der Waals surface area contributed by atoms with E-state index in [1.165, 1.54) is 0 Å². The number of hydrogen-bond donors (Lipinski definition) is 0. The largest absolute Gasteiger partial charge is 0.333 e. The van der Waals surface area contributed by atoms with Crippen molar-refractivity contribution in [1.29, 1.82) is 0 Å². The molecule has 0 unspecified atom stereocenters. The lowest BCUT2D eigenvalue weighted by Gasteiger charge is -2.32. The van der Waals surface area contributed by atoms with Gasteiger partial charge in [0.1, 0.15) is 5.82 Å². The maximum Gasteiger partial charge on any atom is 0.216 e. The van der Waals surface area contributed by atoms with Gasteiger partial charge >= 0.3 is 0 Å². The highest BCUT2D eigenvalue weighted by Crippen LogP contribution is 2.29. The molecular formula is C15H28N4O2S. The van der Waals surface area contributed by atoms with Crippen LogP contribution in [-0.2, 0) is 16.6 Å². The second kappa shape index (κ2) is 7.10. The van der Waals surface area contributed by atoms with Crippen LogP contribution in [0.3, 0.4) is 0 Å². The third-order valence-electron chi connectivity index (χ3n) is 4.31. The monoisotopic (exact) mass is 328 g/mol. The first kappa shape index (κ1) is 17.4. The number of nitrogens with zero attached hydrogens (tertiary/aromatic N) is 4. The zero-order chi connectivity index (χ0) is 16.3. The van der Waals surface area contributed by atoms with E-state index >= 15 is 0 Å². The smallest absolute Gasteiger partial charge is 0.216 e. The van der Waals surface area contributed by atoms with E-state index in [-0.39, 0.29) is 5.25 Å². The molecule has 0 bridgehead atoms. The van der Waals surface area contributed by atoms with Crippen molar-refractivity contribution >= 4 is 10.0 Å². The fourth-order valence-corrected chi connectivity index (χ4v) is 4.16. The van der Waals surface area contributed by atoms with E-state index in [0.717, 1.165) is 31.8 Å². The Bertz CT molecular complexity index is 572. The summed E-state index contributed by atoms with van der Waals surface area (Å²) in [4.78, 5) is 6.67. The number of hydrogen-bond acceptors (Lipinski definition) is 4. The Labute approximate surface area is 134 Å². The van der Waals surface area contributed by atoms with Crippen LogP contribution in [0.15, 0.2) is 12.4 Å². The minimum Gasteiger partial charge on any atom is -0.333 e. The van der Waals surface area contributed by atoms with E-state index in [1.807, 2.05) is 12.4 Å². The van der Waals surface area contributed by atoms with Gasteiger partial charge in [-0.15, -0.1) is 0 Å². The molecule has 1 saturated heterocycles. The molecule has 1 aliphatic heterocycles. The van der Waals surface area contributed by atoms with Gasteiger partial charge in [0.15, 0.2) is 0 Å². The Hall–Kier alpha value is -0.920. The zero-order valence-electron chi connectivity index (χ0n) is 14.1. The molecule has 0 spiro atoms. The average molecular weight is 328 g/mol. The maximum atomic E-state index is 12.2. The third-order valence-corrected chi connectivity index (χ3v) is 6.59. The molecule has 126 valence electrons. The quantitative estimate of drug-likeness (QED) is 0.791. The predicted octanol–water partition coefficient (Wildman–Crippen LogP) is 1.36. The number of aromatic nitrogens is 2. The molecule has 2 rings (SSSR count). The van der Waals surface area contributed by atoms with Crippen LogP contribution in [0.2, 0.25) is 0 Å². The number of imidazole rings is 1. The number of piperidine rings is 1. The van der Waals surface area contributed by atoms with Crippen molar-refractivity contribution in [2.75, 3.05) is 33.7 Å². The molecule has 1 aromatic heterocycles. The molecule has 1 aliphatic rings. The van der Waals surface area contributed by atoms with Crippen LogP contribution in [0.25, 0.3) is 0 Å². The van der Waals surface area contributed by atoms with Crippen molar-refractivity contribution in [2.45, 2.75) is 44.4 Å². The molecule has 1 fully saturated rings. The molecule has 0 aromatic carbocycles. The molecule has 2 heterocycles. The van der Waals surface area contributed by atoms with E-state index in [4.69, 9.17) is 0 Å². The molecule has 6 nitrogen and oxygen atoms in total. The van der Waals surface area contributed by atoms with Gasteiger partial charge in [0, 0.05) is 44.5 Å². The highest BCUT2D eigenvalue weighted by molar-refractivity contribution is 7.89. The Balaban J connectivity index is 1.99. The fraction of sp³-hybridized carbons (Fsp3) is 0.800. The highest BCUT2D eigenvalue weighted by Gasteiger charge is 2.31. The van der Waals surface area contributed by atoms with Gasteiger partial charge in [-0.3, -0.25) is 0 Å². The van der Waals surface area contributed by atoms with Gasteiger partial charge in [-0.2, -0.15) is 0 Å². The average Bonchev–Trinajstić information content (AvgIpc) is 2.93. The molecule has 0 N–H and O–H groups in total. The molecule has 0 radical (unpaired) electrons. The Morgan fingerprint density at radius 1 is 1.32 bits per heavy atom. The summed E-state index contributed by atoms with van der Waals surface area (Å²) in [6.07, 6.45) is 5.58. The SMILES string of the molecule is CC(C)S(=O)(=O)N1CCC(c2nccn2CCN(C)C)CC1. The van der Waals surface area contributed by atoms with Gasteiger partial charge in [-0.25, -0.2) is 17.7 Å². The molecule has 0 atom stereocenters. The summed E-state index contributed by atoms with van der Waals surface area (Å²) >= 11 is 0. The summed E-state index contributed by atoms with van der Waals surface area (Å²) < 4.78 is 28.3. The Morgan fingerprint density at radius 3 is 2.50 bits per heavy atom. The van der Waals surface area contributed by atoms with Crippen LogP contribution in [0.4, 0.5) is 0 Å². The van der Waals surface area contributed by atoms with Crippen molar-refractivity contribution in [3.8, 4) is 0 Å². The van der Waals surface area contributed by atoms with Crippen LogP contribution in [-0.4, -0.2) is 66.2 Å². The lowest BCUT2D eigenvalue weighted by Crippen LogP contribution is -2.41. The summed E-state index contributed by atoms with van der Waals surface area (Å²) in [5.74, 6) is 1.46. The van der Waals surface area contributed by atoms with Gasteiger partial charge < -0.3 is 9.47 Å². The van der Waals surface area contributed by atoms with Crippen molar-refractivity contribution in [3.05, 3.63) is 18.2 Å². The fourth-order valence-electron chi connectivity index (χ4n) is 2.84. The van der Waals surface area contributed by atoms with Gasteiger partial charge in [0.25, 0.3) is 0 Å². The molecule has 22 heavy (non-hydrogen) atoms. The van der Waals surface area contributed by atoms with E-state index in [0.29, 0.717) is 19.0 Å². The van der Waals surface area contributed by atoms with Gasteiger partial charge in [0.2, 0.25) is 10.0 Å². The molecule has 7 heteroatoms. The first-order chi connectivity index (χ1) is 10.3. The molecular weight excluding hydrogens is 300 g/mol. The standard InChI is InChI=1S/C15H28N4O2S/c1-13(2)22(20,21)19-8-5-14(6-9-19)15-16-7-10-18(15)12-11-17(3)4/h7,10,13-14H,5-6,8-9,11-12H2,1-4H3. The van der Waals surface area contributed by atoms with E-state index in [2.05, 4.69) is 28.5 Å². The summed E-state index contributed by atoms with van der Waals surface area (Å²) in [6, 6.07) is 0. The number of sulfonamides is 1. The summed E-state index contributed by atoms with van der Waals surface area (Å²) in [5.41, 5.74) is 0. The van der Waals surface area contributed by atoms with Crippen molar-refractivity contribution in [2.24, 2.45) is 0 Å². The summed E-state index contributed by atoms with van der Waals surface area (Å²) in [5, 5.41) is -0.342. The van der Waals surface area contributed by atoms with Crippen LogP contribution in [0, 0.1) is 0 Å². The molecule has 1 aromatic rings. The van der Waals surface area contributed by atoms with Crippen molar-refractivity contribution in [1.82, 2.24) is 18.8 Å². The van der Waals surface area contributed by atoms with E-state index in [9.17, 15) is 8.42 Å². The van der Waals surface area contributed by atoms with Crippen LogP contribution in [0.1, 0.15) is 38.4 Å². The Kier molecular flexibility index (Phi) is 5.63. The minimum atomic E-state index is -3.12. The molecule has 0 aliphatic carbocycles. The second-order valence-corrected chi connectivity index (χ2v) is 9.04. The summed E-state index contributed by atoms with van der Waals surface area (Å²) in [6.45, 7) is 6.60.